The van der Waals surface area contributed by atoms with E-state index < -0.39 is 29.3 Å². The van der Waals surface area contributed by atoms with Gasteiger partial charge in [0.05, 0.1) is 13.0 Å². The number of aromatic nitrogens is 5. The lowest BCUT2D eigenvalue weighted by molar-refractivity contribution is -0.137. The summed E-state index contributed by atoms with van der Waals surface area (Å²) in [6.07, 6.45) is 4.35. The minimum atomic E-state index is -1.14. The van der Waals surface area contributed by atoms with Gasteiger partial charge in [-0.1, -0.05) is 29.8 Å². The molecule has 3 aromatic heterocycles. The highest BCUT2D eigenvalue weighted by molar-refractivity contribution is 5.66. The lowest BCUT2D eigenvalue weighted by Gasteiger charge is -2.11. The molecular weight excluding hydrogens is 452 g/mol. The van der Waals surface area contributed by atoms with Crippen LogP contribution in [0.3, 0.4) is 0 Å². The van der Waals surface area contributed by atoms with Crippen molar-refractivity contribution in [1.82, 2.24) is 24.1 Å². The Morgan fingerprint density at radius 1 is 1.03 bits per heavy atom. The number of carboxylic acids is 1. The van der Waals surface area contributed by atoms with Crippen LogP contribution in [0.5, 0.6) is 0 Å². The number of H-pyrrole nitrogens is 2. The van der Waals surface area contributed by atoms with Crippen molar-refractivity contribution in [2.24, 2.45) is 4.99 Å². The molecule has 4 aromatic rings. The Morgan fingerprint density at radius 2 is 1.74 bits per heavy atom. The zero-order chi connectivity index (χ0) is 24.9. The van der Waals surface area contributed by atoms with Gasteiger partial charge in [-0.2, -0.15) is 0 Å². The average molecular weight is 474 g/mol. The van der Waals surface area contributed by atoms with Crippen LogP contribution in [-0.4, -0.2) is 35.2 Å². The summed E-state index contributed by atoms with van der Waals surface area (Å²) in [4.78, 5) is 62.8. The van der Waals surface area contributed by atoms with Crippen LogP contribution >= 0.6 is 0 Å². The molecule has 0 aliphatic heterocycles. The molecule has 0 bridgehead atoms. The van der Waals surface area contributed by atoms with Crippen molar-refractivity contribution in [3.05, 3.63) is 109 Å². The van der Waals surface area contributed by atoms with E-state index in [1.54, 1.807) is 30.6 Å². The van der Waals surface area contributed by atoms with Crippen LogP contribution in [-0.2, 0) is 17.9 Å². The van der Waals surface area contributed by atoms with Gasteiger partial charge in [0.25, 0.3) is 5.56 Å². The van der Waals surface area contributed by atoms with Gasteiger partial charge < -0.3 is 10.1 Å². The molecule has 0 spiro atoms. The lowest BCUT2D eigenvalue weighted by Crippen LogP contribution is -2.50. The van der Waals surface area contributed by atoms with Gasteiger partial charge in [0.15, 0.2) is 0 Å². The standard InChI is InChI=1S/C24H22N6O5/c1-15-2-4-16(5-3-15)14-30-22(28-23(34)29(24(30)35)11-8-20(31)32)27-19-12-18(13-26-21(19)33)17-6-9-25-10-7-17/h2-7,9-10,12-13H,8,11,14H2,1H3,(H,26,33)(H,31,32)(H,27,28,34). The van der Waals surface area contributed by atoms with Crippen LogP contribution < -0.4 is 22.6 Å². The topological polar surface area (TPSA) is 155 Å². The van der Waals surface area contributed by atoms with Crippen molar-refractivity contribution in [2.45, 2.75) is 26.4 Å². The highest BCUT2D eigenvalue weighted by Gasteiger charge is 2.12. The summed E-state index contributed by atoms with van der Waals surface area (Å²) >= 11 is 0. The first-order valence-electron chi connectivity index (χ1n) is 10.7. The summed E-state index contributed by atoms with van der Waals surface area (Å²) in [6.45, 7) is 1.66. The number of carbonyl (C=O) groups is 1. The van der Waals surface area contributed by atoms with Gasteiger partial charge in [0, 0.05) is 30.7 Å². The summed E-state index contributed by atoms with van der Waals surface area (Å²) < 4.78 is 2.01. The van der Waals surface area contributed by atoms with Gasteiger partial charge in [-0.3, -0.25) is 24.1 Å². The van der Waals surface area contributed by atoms with E-state index in [-0.39, 0.29) is 24.4 Å². The second-order valence-electron chi connectivity index (χ2n) is 7.85. The zero-order valence-corrected chi connectivity index (χ0v) is 18.8. The van der Waals surface area contributed by atoms with Gasteiger partial charge in [0.2, 0.25) is 5.62 Å². The van der Waals surface area contributed by atoms with Gasteiger partial charge in [-0.15, -0.1) is 0 Å². The number of aryl methyl sites for hydroxylation is 1. The van der Waals surface area contributed by atoms with E-state index in [9.17, 15) is 19.2 Å². The fourth-order valence-corrected chi connectivity index (χ4v) is 3.45. The van der Waals surface area contributed by atoms with Crippen molar-refractivity contribution in [3.63, 3.8) is 0 Å². The van der Waals surface area contributed by atoms with Crippen LogP contribution in [0.25, 0.3) is 11.1 Å². The molecule has 4 rings (SSSR count). The number of nitrogens with zero attached hydrogens (tertiary/aromatic N) is 4. The molecule has 0 aliphatic carbocycles. The third-order valence-corrected chi connectivity index (χ3v) is 5.32. The summed E-state index contributed by atoms with van der Waals surface area (Å²) in [5.74, 6) is -1.14. The van der Waals surface area contributed by atoms with Crippen molar-refractivity contribution >= 4 is 11.7 Å². The Morgan fingerprint density at radius 3 is 2.43 bits per heavy atom. The zero-order valence-electron chi connectivity index (χ0n) is 18.8. The van der Waals surface area contributed by atoms with Crippen LogP contribution in [0.2, 0.25) is 0 Å². The Hall–Kier alpha value is -4.80. The molecule has 0 atom stereocenters. The van der Waals surface area contributed by atoms with E-state index in [1.165, 1.54) is 10.8 Å². The van der Waals surface area contributed by atoms with Crippen molar-refractivity contribution < 1.29 is 9.90 Å². The smallest absolute Gasteiger partial charge is 0.335 e. The highest BCUT2D eigenvalue weighted by atomic mass is 16.4. The average Bonchev–Trinajstić information content (AvgIpc) is 2.84. The molecule has 0 radical (unpaired) electrons. The molecule has 35 heavy (non-hydrogen) atoms. The second-order valence-corrected chi connectivity index (χ2v) is 7.85. The number of carboxylic acid groups (broad SMARTS) is 1. The van der Waals surface area contributed by atoms with Crippen LogP contribution in [0, 0.1) is 6.92 Å². The van der Waals surface area contributed by atoms with Crippen molar-refractivity contribution in [2.75, 3.05) is 0 Å². The van der Waals surface area contributed by atoms with Gasteiger partial charge >= 0.3 is 17.3 Å². The first kappa shape index (κ1) is 23.4. The predicted octanol–water partition coefficient (Wildman–Crippen LogP) is 1.15. The maximum atomic E-state index is 13.2. The van der Waals surface area contributed by atoms with E-state index in [4.69, 9.17) is 5.11 Å². The normalized spacial score (nSPS) is 11.5. The number of pyridine rings is 2. The fourth-order valence-electron chi connectivity index (χ4n) is 3.45. The molecule has 3 heterocycles. The largest absolute Gasteiger partial charge is 0.481 e. The van der Waals surface area contributed by atoms with Crippen LogP contribution in [0.15, 0.2) is 80.4 Å². The fraction of sp³-hybridized carbons (Fsp3) is 0.167. The van der Waals surface area contributed by atoms with Crippen molar-refractivity contribution in [3.8, 4) is 11.1 Å². The number of aliphatic carboxylic acids is 1. The first-order valence-corrected chi connectivity index (χ1v) is 10.7. The van der Waals surface area contributed by atoms with Gasteiger partial charge in [-0.25, -0.2) is 19.1 Å². The number of nitrogens with one attached hydrogen (secondary N) is 2. The first-order chi connectivity index (χ1) is 16.8. The molecule has 3 N–H and O–H groups in total. The second kappa shape index (κ2) is 10.00. The van der Waals surface area contributed by atoms with E-state index in [1.807, 2.05) is 31.2 Å². The molecule has 0 saturated carbocycles. The minimum Gasteiger partial charge on any atom is -0.481 e. The Labute approximate surface area is 197 Å². The molecule has 11 heteroatoms. The highest BCUT2D eigenvalue weighted by Crippen LogP contribution is 2.19. The van der Waals surface area contributed by atoms with Crippen LogP contribution in [0.4, 0.5) is 5.69 Å². The van der Waals surface area contributed by atoms with Crippen LogP contribution in [0.1, 0.15) is 17.5 Å². The Bertz CT molecular complexity index is 1610. The summed E-state index contributed by atoms with van der Waals surface area (Å²) in [5, 5.41) is 8.99. The summed E-state index contributed by atoms with van der Waals surface area (Å²) in [5.41, 5.74) is 1.01. The molecule has 0 saturated heterocycles. The van der Waals surface area contributed by atoms with E-state index in [0.29, 0.717) is 5.56 Å². The third kappa shape index (κ3) is 5.41. The number of rotatable bonds is 7. The predicted molar refractivity (Wildman–Crippen MR) is 127 cm³/mol. The molecule has 0 unspecified atom stereocenters. The van der Waals surface area contributed by atoms with E-state index >= 15 is 0 Å². The number of aromatic amines is 2. The minimum absolute atomic E-state index is 0.0182. The van der Waals surface area contributed by atoms with Crippen molar-refractivity contribution in [1.29, 1.82) is 0 Å². The summed E-state index contributed by atoms with van der Waals surface area (Å²) in [7, 11) is 0. The molecule has 0 amide bonds. The molecule has 0 aliphatic rings. The van der Waals surface area contributed by atoms with E-state index in [2.05, 4.69) is 19.9 Å². The molecular formula is C24H22N6O5. The number of benzene rings is 1. The maximum absolute atomic E-state index is 13.2. The molecule has 178 valence electrons. The number of hydrogen-bond donors (Lipinski definition) is 3. The molecule has 1 aromatic carbocycles. The molecule has 0 fully saturated rings. The SMILES string of the molecule is Cc1ccc(Cn2c(=O)n(CCC(=O)O)c(=O)[nH]/c2=N\c2cc(-c3ccncc3)c[nH]c2=O)cc1. The maximum Gasteiger partial charge on any atom is 0.335 e. The molecule has 11 nitrogen and oxygen atoms in total. The lowest BCUT2D eigenvalue weighted by atomic mass is 10.1. The third-order valence-electron chi connectivity index (χ3n) is 5.32. The van der Waals surface area contributed by atoms with E-state index in [0.717, 1.165) is 21.3 Å². The number of hydrogen-bond acceptors (Lipinski definition) is 6. The quantitative estimate of drug-likeness (QED) is 0.365. The van der Waals surface area contributed by atoms with Gasteiger partial charge in [0.1, 0.15) is 5.69 Å². The summed E-state index contributed by atoms with van der Waals surface area (Å²) in [6, 6.07) is 12.5. The van der Waals surface area contributed by atoms with Gasteiger partial charge in [-0.05, 0) is 36.2 Å². The Balaban J connectivity index is 1.90. The Kier molecular flexibility index (Phi) is 6.67. The monoisotopic (exact) mass is 474 g/mol.